The average Bonchev–Trinajstić information content (AvgIpc) is 2.38. The van der Waals surface area contributed by atoms with Gasteiger partial charge in [-0.05, 0) is 19.8 Å². The van der Waals surface area contributed by atoms with E-state index in [1.807, 2.05) is 0 Å². The first-order valence-electron chi connectivity index (χ1n) is 6.40. The second-order valence-electron chi connectivity index (χ2n) is 4.74. The average molecular weight is 249 g/mol. The molecule has 1 heterocycles. The fraction of sp³-hybridized carbons (Fsp3) is 0.615. The Hall–Kier alpha value is -1.49. The molecule has 98 valence electrons. The molecule has 1 amide bonds. The highest BCUT2D eigenvalue weighted by atomic mass is 16.5. The predicted octanol–water partition coefficient (Wildman–Crippen LogP) is 1.66. The van der Waals surface area contributed by atoms with Crippen LogP contribution < -0.4 is 5.73 Å². The molecule has 5 nitrogen and oxygen atoms in total. The van der Waals surface area contributed by atoms with Crippen LogP contribution in [0.1, 0.15) is 49.6 Å². The van der Waals surface area contributed by atoms with Gasteiger partial charge in [-0.15, -0.1) is 0 Å². The van der Waals surface area contributed by atoms with Gasteiger partial charge < -0.3 is 10.5 Å². The first kappa shape index (κ1) is 13.0. The number of amides is 1. The minimum Gasteiger partial charge on any atom is -0.367 e. The summed E-state index contributed by atoms with van der Waals surface area (Å²) < 4.78 is 5.82. The summed E-state index contributed by atoms with van der Waals surface area (Å²) in [7, 11) is 0. The van der Waals surface area contributed by atoms with Crippen molar-refractivity contribution in [3.8, 4) is 0 Å². The van der Waals surface area contributed by atoms with E-state index >= 15 is 0 Å². The third-order valence-corrected chi connectivity index (χ3v) is 3.24. The molecule has 18 heavy (non-hydrogen) atoms. The van der Waals surface area contributed by atoms with Crippen LogP contribution in [0.15, 0.2) is 12.4 Å². The largest absolute Gasteiger partial charge is 0.367 e. The van der Waals surface area contributed by atoms with E-state index in [-0.39, 0.29) is 6.10 Å². The van der Waals surface area contributed by atoms with Crippen molar-refractivity contribution in [1.82, 2.24) is 9.97 Å². The van der Waals surface area contributed by atoms with Gasteiger partial charge in [0.1, 0.15) is 5.82 Å². The molecule has 2 N–H and O–H groups in total. The van der Waals surface area contributed by atoms with Gasteiger partial charge in [0.15, 0.2) is 6.10 Å². The van der Waals surface area contributed by atoms with Crippen LogP contribution in [0.5, 0.6) is 0 Å². The van der Waals surface area contributed by atoms with Crippen LogP contribution in [0.2, 0.25) is 0 Å². The molecule has 1 atom stereocenters. The quantitative estimate of drug-likeness (QED) is 0.880. The molecule has 2 rings (SSSR count). The van der Waals surface area contributed by atoms with Crippen LogP contribution in [0, 0.1) is 6.92 Å². The number of aromatic nitrogens is 2. The molecule has 1 aromatic heterocycles. The van der Waals surface area contributed by atoms with Crippen molar-refractivity contribution >= 4 is 5.91 Å². The zero-order chi connectivity index (χ0) is 13.0. The normalized spacial score (nSPS) is 18.5. The summed E-state index contributed by atoms with van der Waals surface area (Å²) in [5, 5.41) is 0. The third-order valence-electron chi connectivity index (χ3n) is 3.24. The maximum absolute atomic E-state index is 11.5. The molecule has 1 saturated carbocycles. The summed E-state index contributed by atoms with van der Waals surface area (Å²) in [6, 6.07) is 0. The molecule has 0 bridgehead atoms. The standard InChI is InChI=1S/C13H19N3O2/c1-9-15-7-10(8-16-9)12(13(14)17)18-11-5-3-2-4-6-11/h7-8,11-12H,2-6H2,1H3,(H2,14,17). The van der Waals surface area contributed by atoms with E-state index in [0.29, 0.717) is 11.4 Å². The Morgan fingerprint density at radius 1 is 1.33 bits per heavy atom. The Bertz CT molecular complexity index is 399. The SMILES string of the molecule is Cc1ncc(C(OC2CCCCC2)C(N)=O)cn1. The van der Waals surface area contributed by atoms with Crippen molar-refractivity contribution in [2.45, 2.75) is 51.2 Å². The van der Waals surface area contributed by atoms with E-state index in [9.17, 15) is 4.79 Å². The predicted molar refractivity (Wildman–Crippen MR) is 66.7 cm³/mol. The summed E-state index contributed by atoms with van der Waals surface area (Å²) in [6.07, 6.45) is 8.16. The van der Waals surface area contributed by atoms with E-state index < -0.39 is 12.0 Å². The number of ether oxygens (including phenoxy) is 1. The summed E-state index contributed by atoms with van der Waals surface area (Å²) >= 11 is 0. The van der Waals surface area contributed by atoms with Gasteiger partial charge in [0.05, 0.1) is 6.10 Å². The molecule has 0 aromatic carbocycles. The number of nitrogens with two attached hydrogens (primary N) is 1. The number of carbonyl (C=O) groups is 1. The van der Waals surface area contributed by atoms with Crippen LogP contribution >= 0.6 is 0 Å². The number of carbonyl (C=O) groups excluding carboxylic acids is 1. The highest BCUT2D eigenvalue weighted by Gasteiger charge is 2.25. The van der Waals surface area contributed by atoms with E-state index in [0.717, 1.165) is 25.7 Å². The summed E-state index contributed by atoms with van der Waals surface area (Å²) in [4.78, 5) is 19.7. The van der Waals surface area contributed by atoms with E-state index in [1.165, 1.54) is 6.42 Å². The topological polar surface area (TPSA) is 78.1 Å². The van der Waals surface area contributed by atoms with Gasteiger partial charge in [-0.2, -0.15) is 0 Å². The lowest BCUT2D eigenvalue weighted by atomic mass is 9.97. The molecule has 1 aliphatic rings. The van der Waals surface area contributed by atoms with Crippen LogP contribution in [0.25, 0.3) is 0 Å². The first-order chi connectivity index (χ1) is 8.66. The van der Waals surface area contributed by atoms with Gasteiger partial charge in [-0.25, -0.2) is 9.97 Å². The monoisotopic (exact) mass is 249 g/mol. The van der Waals surface area contributed by atoms with Crippen LogP contribution in [-0.4, -0.2) is 22.0 Å². The second kappa shape index (κ2) is 5.91. The fourth-order valence-electron chi connectivity index (χ4n) is 2.24. The number of primary amides is 1. The van der Waals surface area contributed by atoms with E-state index in [2.05, 4.69) is 9.97 Å². The van der Waals surface area contributed by atoms with Gasteiger partial charge in [0.25, 0.3) is 5.91 Å². The Morgan fingerprint density at radius 3 is 2.50 bits per heavy atom. The van der Waals surface area contributed by atoms with Gasteiger partial charge in [-0.3, -0.25) is 4.79 Å². The lowest BCUT2D eigenvalue weighted by Gasteiger charge is -2.26. The smallest absolute Gasteiger partial charge is 0.251 e. The second-order valence-corrected chi connectivity index (χ2v) is 4.74. The zero-order valence-electron chi connectivity index (χ0n) is 10.6. The molecule has 0 spiro atoms. The Balaban J connectivity index is 2.07. The molecular weight excluding hydrogens is 230 g/mol. The van der Waals surface area contributed by atoms with Crippen molar-refractivity contribution < 1.29 is 9.53 Å². The number of rotatable bonds is 4. The molecule has 5 heteroatoms. The summed E-state index contributed by atoms with van der Waals surface area (Å²) in [6.45, 7) is 1.80. The van der Waals surface area contributed by atoms with Gasteiger partial charge in [0, 0.05) is 18.0 Å². The number of hydrogen-bond acceptors (Lipinski definition) is 4. The lowest BCUT2D eigenvalue weighted by Crippen LogP contribution is -2.29. The lowest BCUT2D eigenvalue weighted by molar-refractivity contribution is -0.135. The van der Waals surface area contributed by atoms with Crippen molar-refractivity contribution in [1.29, 1.82) is 0 Å². The number of aryl methyl sites for hydroxylation is 1. The third kappa shape index (κ3) is 3.26. The summed E-state index contributed by atoms with van der Waals surface area (Å²) in [5.41, 5.74) is 6.04. The Kier molecular flexibility index (Phi) is 4.25. The van der Waals surface area contributed by atoms with Gasteiger partial charge >= 0.3 is 0 Å². The number of nitrogens with zero attached hydrogens (tertiary/aromatic N) is 2. The zero-order valence-corrected chi connectivity index (χ0v) is 10.6. The fourth-order valence-corrected chi connectivity index (χ4v) is 2.24. The summed E-state index contributed by atoms with van der Waals surface area (Å²) in [5.74, 6) is 0.188. The molecule has 0 radical (unpaired) electrons. The molecular formula is C13H19N3O2. The Morgan fingerprint density at radius 2 is 1.94 bits per heavy atom. The molecule has 1 aromatic rings. The van der Waals surface area contributed by atoms with Crippen LogP contribution in [0.3, 0.4) is 0 Å². The van der Waals surface area contributed by atoms with Crippen molar-refractivity contribution in [3.63, 3.8) is 0 Å². The molecule has 0 aliphatic heterocycles. The molecule has 1 unspecified atom stereocenters. The van der Waals surface area contributed by atoms with Gasteiger partial charge in [-0.1, -0.05) is 19.3 Å². The molecule has 1 aliphatic carbocycles. The maximum atomic E-state index is 11.5. The van der Waals surface area contributed by atoms with E-state index in [4.69, 9.17) is 10.5 Å². The van der Waals surface area contributed by atoms with Gasteiger partial charge in [0.2, 0.25) is 0 Å². The van der Waals surface area contributed by atoms with Crippen molar-refractivity contribution in [2.24, 2.45) is 5.73 Å². The highest BCUT2D eigenvalue weighted by molar-refractivity contribution is 5.80. The van der Waals surface area contributed by atoms with E-state index in [1.54, 1.807) is 19.3 Å². The van der Waals surface area contributed by atoms with Crippen molar-refractivity contribution in [2.75, 3.05) is 0 Å². The number of hydrogen-bond donors (Lipinski definition) is 1. The molecule has 1 fully saturated rings. The van der Waals surface area contributed by atoms with Crippen molar-refractivity contribution in [3.05, 3.63) is 23.8 Å². The molecule has 0 saturated heterocycles. The van der Waals surface area contributed by atoms with Crippen LogP contribution in [0.4, 0.5) is 0 Å². The minimum atomic E-state index is -0.728. The highest BCUT2D eigenvalue weighted by Crippen LogP contribution is 2.26. The Labute approximate surface area is 107 Å². The minimum absolute atomic E-state index is 0.123. The maximum Gasteiger partial charge on any atom is 0.251 e. The first-order valence-corrected chi connectivity index (χ1v) is 6.40. The van der Waals surface area contributed by atoms with Crippen LogP contribution in [-0.2, 0) is 9.53 Å².